The van der Waals surface area contributed by atoms with E-state index < -0.39 is 0 Å². The first-order chi connectivity index (χ1) is 8.02. The van der Waals surface area contributed by atoms with Crippen molar-refractivity contribution in [2.75, 3.05) is 6.54 Å². The zero-order chi connectivity index (χ0) is 12.8. The third kappa shape index (κ3) is 4.97. The topological polar surface area (TPSA) is 21.3 Å². The molecule has 0 aliphatic carbocycles. The van der Waals surface area contributed by atoms with E-state index in [2.05, 4.69) is 26.1 Å². The summed E-state index contributed by atoms with van der Waals surface area (Å²) in [5, 5.41) is 4.07. The van der Waals surface area contributed by atoms with Crippen LogP contribution in [0.1, 0.15) is 32.8 Å². The molecule has 0 saturated heterocycles. The quantitative estimate of drug-likeness (QED) is 0.835. The predicted octanol–water partition coefficient (Wildman–Crippen LogP) is 3.80. The molecule has 0 aromatic heterocycles. The molecular formula is C14H22ClNO. The lowest BCUT2D eigenvalue weighted by Gasteiger charge is -2.20. The van der Waals surface area contributed by atoms with Crippen molar-refractivity contribution in [2.24, 2.45) is 0 Å². The Labute approximate surface area is 109 Å². The van der Waals surface area contributed by atoms with Crippen molar-refractivity contribution < 1.29 is 4.74 Å². The average Bonchev–Trinajstić information content (AvgIpc) is 2.26. The van der Waals surface area contributed by atoms with Gasteiger partial charge in [0.15, 0.2) is 0 Å². The second-order valence-corrected chi connectivity index (χ2v) is 5.05. The van der Waals surface area contributed by atoms with E-state index in [0.717, 1.165) is 24.3 Å². The zero-order valence-corrected chi connectivity index (χ0v) is 11.8. The number of ether oxygens (including phenoxy) is 1. The molecule has 0 heterocycles. The molecule has 0 aliphatic heterocycles. The van der Waals surface area contributed by atoms with Gasteiger partial charge in [0.25, 0.3) is 0 Å². The minimum Gasteiger partial charge on any atom is -0.488 e. The molecule has 17 heavy (non-hydrogen) atoms. The van der Waals surface area contributed by atoms with Gasteiger partial charge in [-0.1, -0.05) is 38.4 Å². The molecule has 1 aromatic carbocycles. The summed E-state index contributed by atoms with van der Waals surface area (Å²) in [5.74, 6) is 0.773. The predicted molar refractivity (Wildman–Crippen MR) is 74.0 cm³/mol. The molecule has 3 heteroatoms. The monoisotopic (exact) mass is 255 g/mol. The summed E-state index contributed by atoms with van der Waals surface area (Å²) in [6.07, 6.45) is 1.13. The van der Waals surface area contributed by atoms with E-state index in [1.54, 1.807) is 0 Å². The van der Waals surface area contributed by atoms with Crippen LogP contribution in [0.15, 0.2) is 18.2 Å². The summed E-state index contributed by atoms with van der Waals surface area (Å²) in [5.41, 5.74) is 1.15. The Balaban J connectivity index is 2.60. The van der Waals surface area contributed by atoms with Gasteiger partial charge in [0.1, 0.15) is 11.9 Å². The molecule has 0 spiro atoms. The molecule has 0 amide bonds. The molecule has 96 valence electrons. The van der Waals surface area contributed by atoms with E-state index in [1.807, 2.05) is 25.1 Å². The molecule has 0 radical (unpaired) electrons. The number of aryl methyl sites for hydroxylation is 1. The summed E-state index contributed by atoms with van der Waals surface area (Å²) >= 11 is 6.15. The average molecular weight is 256 g/mol. The zero-order valence-electron chi connectivity index (χ0n) is 11.1. The Kier molecular flexibility index (Phi) is 5.79. The van der Waals surface area contributed by atoms with Gasteiger partial charge in [-0.2, -0.15) is 0 Å². The Bertz CT molecular complexity index is 352. The van der Waals surface area contributed by atoms with Crippen molar-refractivity contribution in [2.45, 2.75) is 46.3 Å². The van der Waals surface area contributed by atoms with Crippen molar-refractivity contribution in [3.63, 3.8) is 0 Å². The summed E-state index contributed by atoms with van der Waals surface area (Å²) in [6, 6.07) is 6.36. The molecule has 1 N–H and O–H groups in total. The molecule has 0 aliphatic rings. The number of hydrogen-bond acceptors (Lipinski definition) is 2. The van der Waals surface area contributed by atoms with Crippen molar-refractivity contribution in [3.05, 3.63) is 28.8 Å². The summed E-state index contributed by atoms with van der Waals surface area (Å²) < 4.78 is 5.91. The van der Waals surface area contributed by atoms with Crippen LogP contribution in [-0.4, -0.2) is 18.7 Å². The number of nitrogens with one attached hydrogen (secondary N) is 1. The SMILES string of the molecule is CCC(CNC(C)C)Oc1ccc(C)cc1Cl. The highest BCUT2D eigenvalue weighted by atomic mass is 35.5. The van der Waals surface area contributed by atoms with Crippen LogP contribution in [0.4, 0.5) is 0 Å². The van der Waals surface area contributed by atoms with Gasteiger partial charge in [-0.05, 0) is 31.0 Å². The number of rotatable bonds is 6. The highest BCUT2D eigenvalue weighted by molar-refractivity contribution is 6.32. The summed E-state index contributed by atoms with van der Waals surface area (Å²) in [7, 11) is 0. The third-order valence-corrected chi connectivity index (χ3v) is 2.89. The van der Waals surface area contributed by atoms with Crippen LogP contribution in [0, 0.1) is 6.92 Å². The first-order valence-electron chi connectivity index (χ1n) is 6.19. The lowest BCUT2D eigenvalue weighted by atomic mass is 10.2. The Morgan fingerprint density at radius 3 is 2.59 bits per heavy atom. The van der Waals surface area contributed by atoms with Crippen LogP contribution in [0.2, 0.25) is 5.02 Å². The van der Waals surface area contributed by atoms with E-state index in [9.17, 15) is 0 Å². The van der Waals surface area contributed by atoms with E-state index in [0.29, 0.717) is 11.1 Å². The highest BCUT2D eigenvalue weighted by Gasteiger charge is 2.10. The Morgan fingerprint density at radius 2 is 2.06 bits per heavy atom. The number of hydrogen-bond donors (Lipinski definition) is 1. The van der Waals surface area contributed by atoms with Crippen LogP contribution in [0.5, 0.6) is 5.75 Å². The van der Waals surface area contributed by atoms with Gasteiger partial charge in [-0.15, -0.1) is 0 Å². The van der Waals surface area contributed by atoms with E-state index in [4.69, 9.17) is 16.3 Å². The number of benzene rings is 1. The lowest BCUT2D eigenvalue weighted by Crippen LogP contribution is -2.34. The molecule has 2 nitrogen and oxygen atoms in total. The van der Waals surface area contributed by atoms with Crippen molar-refractivity contribution >= 4 is 11.6 Å². The van der Waals surface area contributed by atoms with Gasteiger partial charge < -0.3 is 10.1 Å². The molecule has 0 saturated carbocycles. The fraction of sp³-hybridized carbons (Fsp3) is 0.571. The smallest absolute Gasteiger partial charge is 0.138 e. The van der Waals surface area contributed by atoms with Crippen LogP contribution in [-0.2, 0) is 0 Å². The standard InChI is InChI=1S/C14H22ClNO/c1-5-12(9-16-10(2)3)17-14-7-6-11(4)8-13(14)15/h6-8,10,12,16H,5,9H2,1-4H3. The van der Waals surface area contributed by atoms with Gasteiger partial charge in [0.2, 0.25) is 0 Å². The van der Waals surface area contributed by atoms with Crippen LogP contribution >= 0.6 is 11.6 Å². The van der Waals surface area contributed by atoms with Gasteiger partial charge in [-0.25, -0.2) is 0 Å². The number of halogens is 1. The van der Waals surface area contributed by atoms with Gasteiger partial charge >= 0.3 is 0 Å². The van der Waals surface area contributed by atoms with Crippen molar-refractivity contribution in [1.82, 2.24) is 5.32 Å². The molecule has 0 bridgehead atoms. The minimum absolute atomic E-state index is 0.164. The fourth-order valence-electron chi connectivity index (χ4n) is 1.52. The Morgan fingerprint density at radius 1 is 1.35 bits per heavy atom. The molecule has 1 aromatic rings. The minimum atomic E-state index is 0.164. The van der Waals surface area contributed by atoms with Crippen molar-refractivity contribution in [3.8, 4) is 5.75 Å². The molecule has 1 unspecified atom stereocenters. The lowest BCUT2D eigenvalue weighted by molar-refractivity contribution is 0.190. The second kappa shape index (κ2) is 6.87. The maximum absolute atomic E-state index is 6.15. The normalized spacial score (nSPS) is 12.8. The molecule has 1 rings (SSSR count). The van der Waals surface area contributed by atoms with Gasteiger partial charge in [0, 0.05) is 12.6 Å². The van der Waals surface area contributed by atoms with E-state index in [-0.39, 0.29) is 6.10 Å². The van der Waals surface area contributed by atoms with Gasteiger partial charge in [0.05, 0.1) is 5.02 Å². The molecule has 0 fully saturated rings. The third-order valence-electron chi connectivity index (χ3n) is 2.59. The maximum atomic E-state index is 6.15. The van der Waals surface area contributed by atoms with Crippen LogP contribution in [0.25, 0.3) is 0 Å². The van der Waals surface area contributed by atoms with Gasteiger partial charge in [-0.3, -0.25) is 0 Å². The molecule has 1 atom stereocenters. The second-order valence-electron chi connectivity index (χ2n) is 4.64. The largest absolute Gasteiger partial charge is 0.488 e. The summed E-state index contributed by atoms with van der Waals surface area (Å²) in [6.45, 7) is 9.25. The van der Waals surface area contributed by atoms with Crippen LogP contribution in [0.3, 0.4) is 0 Å². The van der Waals surface area contributed by atoms with E-state index >= 15 is 0 Å². The highest BCUT2D eigenvalue weighted by Crippen LogP contribution is 2.26. The first-order valence-corrected chi connectivity index (χ1v) is 6.57. The molecular weight excluding hydrogens is 234 g/mol. The van der Waals surface area contributed by atoms with Crippen LogP contribution < -0.4 is 10.1 Å². The maximum Gasteiger partial charge on any atom is 0.138 e. The first kappa shape index (κ1) is 14.3. The van der Waals surface area contributed by atoms with E-state index in [1.165, 1.54) is 0 Å². The van der Waals surface area contributed by atoms with Crippen molar-refractivity contribution in [1.29, 1.82) is 0 Å². The fourth-order valence-corrected chi connectivity index (χ4v) is 1.80. The Hall–Kier alpha value is -0.730. The summed E-state index contributed by atoms with van der Waals surface area (Å²) in [4.78, 5) is 0.